The van der Waals surface area contributed by atoms with Crippen molar-refractivity contribution < 1.29 is 13.2 Å². The summed E-state index contributed by atoms with van der Waals surface area (Å²) < 4.78 is 37.8. The summed E-state index contributed by atoms with van der Waals surface area (Å²) in [4.78, 5) is 14.8. The van der Waals surface area contributed by atoms with Gasteiger partial charge in [0.05, 0.1) is 6.33 Å². The van der Waals surface area contributed by atoms with Crippen molar-refractivity contribution in [1.82, 2.24) is 9.55 Å². The first kappa shape index (κ1) is 13.2. The highest BCUT2D eigenvalue weighted by Gasteiger charge is 2.36. The predicted octanol–water partition coefficient (Wildman–Crippen LogP) is 2.68. The molecule has 1 heterocycles. The summed E-state index contributed by atoms with van der Waals surface area (Å²) in [5.41, 5.74) is -1.89. The van der Waals surface area contributed by atoms with E-state index in [9.17, 15) is 18.0 Å². The first-order valence-corrected chi connectivity index (χ1v) is 5.35. The van der Waals surface area contributed by atoms with E-state index in [4.69, 9.17) is 0 Å². The molecule has 0 aliphatic rings. The molecule has 3 nitrogen and oxygen atoms in total. The number of hydrogen-bond donors (Lipinski definition) is 0. The van der Waals surface area contributed by atoms with Crippen LogP contribution in [-0.2, 0) is 12.7 Å². The Hall–Kier alpha value is -0.850. The van der Waals surface area contributed by atoms with Gasteiger partial charge in [0.15, 0.2) is 5.69 Å². The number of alkyl halides is 3. The van der Waals surface area contributed by atoms with Crippen LogP contribution in [-0.4, -0.2) is 9.55 Å². The van der Waals surface area contributed by atoms with Crippen LogP contribution in [0.5, 0.6) is 0 Å². The van der Waals surface area contributed by atoms with E-state index in [2.05, 4.69) is 20.9 Å². The highest BCUT2D eigenvalue weighted by molar-refractivity contribution is 9.10. The molecule has 90 valence electrons. The van der Waals surface area contributed by atoms with Gasteiger partial charge in [0.1, 0.15) is 4.47 Å². The van der Waals surface area contributed by atoms with Gasteiger partial charge < -0.3 is 0 Å². The number of nitrogens with zero attached hydrogens (tertiary/aromatic N) is 2. The molecular weight excluding hydrogens is 289 g/mol. The summed E-state index contributed by atoms with van der Waals surface area (Å²) in [7, 11) is 0. The zero-order valence-corrected chi connectivity index (χ0v) is 10.3. The Kier molecular flexibility index (Phi) is 3.77. The highest BCUT2D eigenvalue weighted by Crippen LogP contribution is 2.30. The van der Waals surface area contributed by atoms with E-state index >= 15 is 0 Å². The maximum absolute atomic E-state index is 12.4. The minimum Gasteiger partial charge on any atom is -0.298 e. The van der Waals surface area contributed by atoms with Gasteiger partial charge in [0, 0.05) is 6.54 Å². The first-order chi connectivity index (χ1) is 7.23. The van der Waals surface area contributed by atoms with E-state index in [1.54, 1.807) is 0 Å². The highest BCUT2D eigenvalue weighted by atomic mass is 79.9. The van der Waals surface area contributed by atoms with Crippen LogP contribution in [0.15, 0.2) is 15.6 Å². The number of halogens is 4. The van der Waals surface area contributed by atoms with Crippen LogP contribution in [0, 0.1) is 5.92 Å². The smallest absolute Gasteiger partial charge is 0.298 e. The Morgan fingerprint density at radius 1 is 1.50 bits per heavy atom. The largest absolute Gasteiger partial charge is 0.434 e. The molecule has 0 bridgehead atoms. The van der Waals surface area contributed by atoms with Crippen molar-refractivity contribution >= 4 is 15.9 Å². The fraction of sp³-hybridized carbons (Fsp3) is 0.556. The second kappa shape index (κ2) is 4.57. The average Bonchev–Trinajstić information content (AvgIpc) is 2.10. The molecule has 0 unspecified atom stereocenters. The molecule has 1 rings (SSSR count). The van der Waals surface area contributed by atoms with Crippen molar-refractivity contribution in [2.75, 3.05) is 0 Å². The molecule has 16 heavy (non-hydrogen) atoms. The van der Waals surface area contributed by atoms with Gasteiger partial charge in [-0.1, -0.05) is 13.8 Å². The third-order valence-corrected chi connectivity index (χ3v) is 2.53. The van der Waals surface area contributed by atoms with Crippen molar-refractivity contribution in [2.24, 2.45) is 5.92 Å². The van der Waals surface area contributed by atoms with Crippen molar-refractivity contribution in [3.05, 3.63) is 26.8 Å². The van der Waals surface area contributed by atoms with Gasteiger partial charge in [0.2, 0.25) is 0 Å². The van der Waals surface area contributed by atoms with E-state index < -0.39 is 21.9 Å². The van der Waals surface area contributed by atoms with Crippen LogP contribution in [0.25, 0.3) is 0 Å². The fourth-order valence-electron chi connectivity index (χ4n) is 1.18. The van der Waals surface area contributed by atoms with Gasteiger partial charge in [-0.3, -0.25) is 9.36 Å². The summed E-state index contributed by atoms with van der Waals surface area (Å²) in [6.45, 7) is 4.05. The molecule has 0 aromatic carbocycles. The summed E-state index contributed by atoms with van der Waals surface area (Å²) in [6.07, 6.45) is -3.69. The number of hydrogen-bond acceptors (Lipinski definition) is 2. The van der Waals surface area contributed by atoms with E-state index in [1.165, 1.54) is 0 Å². The molecule has 0 amide bonds. The summed E-state index contributed by atoms with van der Waals surface area (Å²) in [5, 5.41) is 0. The zero-order chi connectivity index (χ0) is 12.5. The summed E-state index contributed by atoms with van der Waals surface area (Å²) in [6, 6.07) is 0. The van der Waals surface area contributed by atoms with E-state index in [0.29, 0.717) is 6.54 Å². The monoisotopic (exact) mass is 298 g/mol. The molecule has 0 aliphatic carbocycles. The van der Waals surface area contributed by atoms with Crippen molar-refractivity contribution in [3.63, 3.8) is 0 Å². The van der Waals surface area contributed by atoms with Crippen LogP contribution >= 0.6 is 15.9 Å². The lowest BCUT2D eigenvalue weighted by molar-refractivity contribution is -0.142. The predicted molar refractivity (Wildman–Crippen MR) is 56.0 cm³/mol. The minimum atomic E-state index is -4.62. The van der Waals surface area contributed by atoms with Crippen LogP contribution in [0.1, 0.15) is 19.5 Å². The summed E-state index contributed by atoms with van der Waals surface area (Å²) >= 11 is 2.64. The van der Waals surface area contributed by atoms with E-state index in [0.717, 1.165) is 10.9 Å². The van der Waals surface area contributed by atoms with Crippen molar-refractivity contribution in [3.8, 4) is 0 Å². The second-order valence-electron chi connectivity index (χ2n) is 3.76. The van der Waals surface area contributed by atoms with Gasteiger partial charge >= 0.3 is 6.18 Å². The maximum Gasteiger partial charge on any atom is 0.434 e. The lowest BCUT2D eigenvalue weighted by Gasteiger charge is -2.11. The average molecular weight is 299 g/mol. The molecule has 0 saturated heterocycles. The molecule has 1 aromatic heterocycles. The molecule has 0 radical (unpaired) electrons. The minimum absolute atomic E-state index is 0.156. The SMILES string of the molecule is CC(C)Cn1cnc(C(F)(F)F)c(Br)c1=O. The Morgan fingerprint density at radius 2 is 2.06 bits per heavy atom. The molecule has 7 heteroatoms. The van der Waals surface area contributed by atoms with Crippen molar-refractivity contribution in [2.45, 2.75) is 26.6 Å². The maximum atomic E-state index is 12.4. The Labute approximate surface area is 98.4 Å². The molecular formula is C9H10BrF3N2O. The normalized spacial score (nSPS) is 12.2. The van der Waals surface area contributed by atoms with Crippen molar-refractivity contribution in [1.29, 1.82) is 0 Å². The lowest BCUT2D eigenvalue weighted by Crippen LogP contribution is -2.27. The molecule has 0 aliphatic heterocycles. The number of aromatic nitrogens is 2. The van der Waals surface area contributed by atoms with E-state index in [1.807, 2.05) is 13.8 Å². The van der Waals surface area contributed by atoms with E-state index in [-0.39, 0.29) is 5.92 Å². The third kappa shape index (κ3) is 2.84. The van der Waals surface area contributed by atoms with Crippen LogP contribution < -0.4 is 5.56 Å². The zero-order valence-electron chi connectivity index (χ0n) is 8.68. The van der Waals surface area contributed by atoms with Gasteiger partial charge in [-0.2, -0.15) is 13.2 Å². The van der Waals surface area contributed by atoms with Gasteiger partial charge in [-0.05, 0) is 21.8 Å². The molecule has 0 atom stereocenters. The first-order valence-electron chi connectivity index (χ1n) is 4.55. The topological polar surface area (TPSA) is 34.9 Å². The standard InChI is InChI=1S/C9H10BrF3N2O/c1-5(2)3-15-4-14-7(9(11,12)13)6(10)8(15)16/h4-5H,3H2,1-2H3. The van der Waals surface area contributed by atoms with Gasteiger partial charge in [-0.25, -0.2) is 4.98 Å². The van der Waals surface area contributed by atoms with Gasteiger partial charge in [-0.15, -0.1) is 0 Å². The second-order valence-corrected chi connectivity index (χ2v) is 4.55. The molecule has 0 spiro atoms. The number of rotatable bonds is 2. The molecule has 0 N–H and O–H groups in total. The Bertz CT molecular complexity index is 439. The molecule has 0 saturated carbocycles. The summed E-state index contributed by atoms with van der Waals surface area (Å²) in [5.74, 6) is 0.156. The Morgan fingerprint density at radius 3 is 2.50 bits per heavy atom. The lowest BCUT2D eigenvalue weighted by atomic mass is 10.2. The van der Waals surface area contributed by atoms with Crippen LogP contribution in [0.4, 0.5) is 13.2 Å². The molecule has 1 aromatic rings. The van der Waals surface area contributed by atoms with Crippen LogP contribution in [0.2, 0.25) is 0 Å². The molecule has 0 fully saturated rings. The fourth-order valence-corrected chi connectivity index (χ4v) is 1.74. The third-order valence-electron chi connectivity index (χ3n) is 1.81. The Balaban J connectivity index is 3.24. The van der Waals surface area contributed by atoms with Gasteiger partial charge in [0.25, 0.3) is 5.56 Å². The quantitative estimate of drug-likeness (QED) is 0.841. The van der Waals surface area contributed by atoms with Crippen LogP contribution in [0.3, 0.4) is 0 Å².